The average molecular weight is 293 g/mol. The monoisotopic (exact) mass is 293 g/mol. The van der Waals surface area contributed by atoms with Crippen molar-refractivity contribution >= 4 is 17.8 Å². The van der Waals surface area contributed by atoms with Gasteiger partial charge in [-0.1, -0.05) is 0 Å². The van der Waals surface area contributed by atoms with Crippen LogP contribution >= 0.6 is 0 Å². The molecular weight excluding hydrogens is 274 g/mol. The number of nitrogens with zero attached hydrogens (tertiary/aromatic N) is 2. The molecule has 1 aliphatic heterocycles. The number of rotatable bonds is 5. The molecule has 0 unspecified atom stereocenters. The highest BCUT2D eigenvalue weighted by molar-refractivity contribution is 6.05. The van der Waals surface area contributed by atoms with Gasteiger partial charge in [0.25, 0.3) is 5.91 Å². The Hall–Kier alpha value is -2.31. The Kier molecular flexibility index (Phi) is 4.30. The number of nitrogens with one attached hydrogen (secondary N) is 1. The van der Waals surface area contributed by atoms with Crippen molar-refractivity contribution in [1.29, 1.82) is 0 Å². The van der Waals surface area contributed by atoms with Crippen molar-refractivity contribution < 1.29 is 18.8 Å². The van der Waals surface area contributed by atoms with Crippen molar-refractivity contribution in [2.45, 2.75) is 25.8 Å². The summed E-state index contributed by atoms with van der Waals surface area (Å²) in [4.78, 5) is 37.6. The van der Waals surface area contributed by atoms with Crippen molar-refractivity contribution in [1.82, 2.24) is 15.1 Å². The van der Waals surface area contributed by atoms with Gasteiger partial charge in [-0.05, 0) is 19.1 Å². The van der Waals surface area contributed by atoms with Gasteiger partial charge in [-0.3, -0.25) is 14.5 Å². The van der Waals surface area contributed by atoms with Gasteiger partial charge in [0.05, 0.1) is 6.42 Å². The SMILES string of the molecule is Cc1ccc(CCNC(=O)C[C@H]2C(=O)N(C)C(=O)N2C)o1. The second-order valence-corrected chi connectivity index (χ2v) is 5.12. The molecule has 2 heterocycles. The summed E-state index contributed by atoms with van der Waals surface area (Å²) in [6.45, 7) is 2.29. The van der Waals surface area contributed by atoms with Gasteiger partial charge in [0.1, 0.15) is 17.6 Å². The van der Waals surface area contributed by atoms with E-state index in [0.717, 1.165) is 16.4 Å². The molecule has 0 radical (unpaired) electrons. The second kappa shape index (κ2) is 5.99. The Labute approximate surface area is 122 Å². The van der Waals surface area contributed by atoms with E-state index in [9.17, 15) is 14.4 Å². The molecule has 1 aromatic heterocycles. The van der Waals surface area contributed by atoms with Crippen LogP contribution in [0.15, 0.2) is 16.5 Å². The number of amides is 4. The summed E-state index contributed by atoms with van der Waals surface area (Å²) in [6, 6.07) is 2.63. The van der Waals surface area contributed by atoms with E-state index in [1.165, 1.54) is 19.0 Å². The second-order valence-electron chi connectivity index (χ2n) is 5.12. The predicted molar refractivity (Wildman–Crippen MR) is 74.5 cm³/mol. The minimum absolute atomic E-state index is 0.0252. The van der Waals surface area contributed by atoms with Gasteiger partial charge in [-0.25, -0.2) is 4.79 Å². The van der Waals surface area contributed by atoms with Crippen LogP contribution in [0.3, 0.4) is 0 Å². The summed E-state index contributed by atoms with van der Waals surface area (Å²) in [5.74, 6) is 1.03. The maximum absolute atomic E-state index is 11.8. The topological polar surface area (TPSA) is 82.9 Å². The van der Waals surface area contributed by atoms with Gasteiger partial charge in [0, 0.05) is 27.1 Å². The molecule has 1 fully saturated rings. The minimum Gasteiger partial charge on any atom is -0.466 e. The van der Waals surface area contributed by atoms with E-state index in [2.05, 4.69) is 5.32 Å². The van der Waals surface area contributed by atoms with Crippen LogP contribution in [0.1, 0.15) is 17.9 Å². The smallest absolute Gasteiger partial charge is 0.326 e. The fourth-order valence-electron chi connectivity index (χ4n) is 2.27. The Balaban J connectivity index is 1.79. The van der Waals surface area contributed by atoms with Gasteiger partial charge in [0.2, 0.25) is 5.91 Å². The molecule has 114 valence electrons. The van der Waals surface area contributed by atoms with Crippen LogP contribution in [0.2, 0.25) is 0 Å². The summed E-state index contributed by atoms with van der Waals surface area (Å²) in [7, 11) is 2.94. The predicted octanol–water partition coefficient (Wildman–Crippen LogP) is 0.529. The third kappa shape index (κ3) is 3.24. The van der Waals surface area contributed by atoms with Crippen LogP contribution in [-0.4, -0.2) is 54.3 Å². The van der Waals surface area contributed by atoms with Crippen LogP contribution in [0.25, 0.3) is 0 Å². The van der Waals surface area contributed by atoms with Crippen molar-refractivity contribution in [3.63, 3.8) is 0 Å². The molecule has 1 aromatic rings. The van der Waals surface area contributed by atoms with Gasteiger partial charge in [-0.2, -0.15) is 0 Å². The zero-order valence-electron chi connectivity index (χ0n) is 12.4. The summed E-state index contributed by atoms with van der Waals surface area (Å²) in [6.07, 6.45) is 0.565. The zero-order chi connectivity index (χ0) is 15.6. The standard InChI is InChI=1S/C14H19N3O4/c1-9-4-5-10(21-9)6-7-15-12(18)8-11-13(19)17(3)14(20)16(11)2/h4-5,11H,6-8H2,1-3H3,(H,15,18)/t11-/m0/s1. The third-order valence-electron chi connectivity index (χ3n) is 3.54. The fourth-order valence-corrected chi connectivity index (χ4v) is 2.27. The lowest BCUT2D eigenvalue weighted by Gasteiger charge is -2.15. The number of carbonyl (C=O) groups is 3. The van der Waals surface area contributed by atoms with E-state index in [4.69, 9.17) is 4.42 Å². The molecule has 1 atom stereocenters. The summed E-state index contributed by atoms with van der Waals surface area (Å²) >= 11 is 0. The van der Waals surface area contributed by atoms with Gasteiger partial charge in [-0.15, -0.1) is 0 Å². The van der Waals surface area contributed by atoms with Crippen molar-refractivity contribution in [2.24, 2.45) is 0 Å². The summed E-state index contributed by atoms with van der Waals surface area (Å²) < 4.78 is 5.40. The van der Waals surface area contributed by atoms with Crippen LogP contribution in [0.4, 0.5) is 4.79 Å². The van der Waals surface area contributed by atoms with Crippen molar-refractivity contribution in [3.05, 3.63) is 23.7 Å². The van der Waals surface area contributed by atoms with Crippen LogP contribution in [0, 0.1) is 6.92 Å². The number of hydrogen-bond acceptors (Lipinski definition) is 4. The van der Waals surface area contributed by atoms with Gasteiger partial charge in [0.15, 0.2) is 0 Å². The Morgan fingerprint density at radius 1 is 1.33 bits per heavy atom. The molecule has 21 heavy (non-hydrogen) atoms. The molecule has 1 saturated heterocycles. The fraction of sp³-hybridized carbons (Fsp3) is 0.500. The van der Waals surface area contributed by atoms with Crippen molar-refractivity contribution in [3.8, 4) is 0 Å². The lowest BCUT2D eigenvalue weighted by Crippen LogP contribution is -2.37. The lowest BCUT2D eigenvalue weighted by molar-refractivity contribution is -0.131. The normalized spacial score (nSPS) is 18.5. The van der Waals surface area contributed by atoms with E-state index in [1.54, 1.807) is 0 Å². The van der Waals surface area contributed by atoms with Crippen LogP contribution in [-0.2, 0) is 16.0 Å². The molecule has 0 bridgehead atoms. The molecule has 0 aromatic carbocycles. The number of urea groups is 1. The maximum Gasteiger partial charge on any atom is 0.326 e. The largest absolute Gasteiger partial charge is 0.466 e. The van der Waals surface area contributed by atoms with E-state index in [-0.39, 0.29) is 24.3 Å². The van der Waals surface area contributed by atoms with Crippen LogP contribution < -0.4 is 5.32 Å². The minimum atomic E-state index is -0.714. The number of carbonyl (C=O) groups excluding carboxylic acids is 3. The highest BCUT2D eigenvalue weighted by Gasteiger charge is 2.41. The molecule has 2 rings (SSSR count). The number of imide groups is 1. The zero-order valence-corrected chi connectivity index (χ0v) is 12.4. The Morgan fingerprint density at radius 3 is 2.57 bits per heavy atom. The number of furan rings is 1. The first-order valence-corrected chi connectivity index (χ1v) is 6.76. The Morgan fingerprint density at radius 2 is 2.05 bits per heavy atom. The third-order valence-corrected chi connectivity index (χ3v) is 3.54. The molecule has 7 heteroatoms. The highest BCUT2D eigenvalue weighted by atomic mass is 16.3. The molecule has 4 amide bonds. The first-order chi connectivity index (χ1) is 9.90. The number of likely N-dealkylation sites (N-methyl/N-ethyl adjacent to an activating group) is 2. The van der Waals surface area contributed by atoms with E-state index < -0.39 is 6.04 Å². The number of hydrogen-bond donors (Lipinski definition) is 1. The average Bonchev–Trinajstić information content (AvgIpc) is 2.93. The lowest BCUT2D eigenvalue weighted by atomic mass is 10.2. The van der Waals surface area contributed by atoms with Crippen molar-refractivity contribution in [2.75, 3.05) is 20.6 Å². The molecular formula is C14H19N3O4. The summed E-state index contributed by atoms with van der Waals surface area (Å²) in [5, 5.41) is 2.73. The quantitative estimate of drug-likeness (QED) is 0.803. The van der Waals surface area contributed by atoms with Crippen LogP contribution in [0.5, 0.6) is 0 Å². The first kappa shape index (κ1) is 15.1. The highest BCUT2D eigenvalue weighted by Crippen LogP contribution is 2.16. The van der Waals surface area contributed by atoms with Gasteiger partial charge < -0.3 is 14.6 Å². The molecule has 1 aliphatic rings. The Bertz CT molecular complexity index is 566. The van der Waals surface area contributed by atoms with E-state index in [1.807, 2.05) is 19.1 Å². The van der Waals surface area contributed by atoms with Gasteiger partial charge >= 0.3 is 6.03 Å². The van der Waals surface area contributed by atoms with E-state index >= 15 is 0 Å². The first-order valence-electron chi connectivity index (χ1n) is 6.76. The maximum atomic E-state index is 11.8. The molecule has 0 spiro atoms. The molecule has 7 nitrogen and oxygen atoms in total. The molecule has 0 saturated carbocycles. The summed E-state index contributed by atoms with van der Waals surface area (Å²) in [5.41, 5.74) is 0. The number of aryl methyl sites for hydroxylation is 1. The molecule has 1 N–H and O–H groups in total. The molecule has 0 aliphatic carbocycles. The van der Waals surface area contributed by atoms with E-state index in [0.29, 0.717) is 13.0 Å².